The lowest BCUT2D eigenvalue weighted by Gasteiger charge is -2.37. The number of hydrogen-bond acceptors (Lipinski definition) is 9. The van der Waals surface area contributed by atoms with Gasteiger partial charge in [0.25, 0.3) is 0 Å². The van der Waals surface area contributed by atoms with E-state index in [1.54, 1.807) is 31.4 Å². The summed E-state index contributed by atoms with van der Waals surface area (Å²) in [5.41, 5.74) is 0.297. The summed E-state index contributed by atoms with van der Waals surface area (Å²) in [4.78, 5) is 52.1. The zero-order chi connectivity index (χ0) is 35.2. The highest BCUT2D eigenvalue weighted by Crippen LogP contribution is 2.42. The molecule has 0 unspecified atom stereocenters. The second-order valence-electron chi connectivity index (χ2n) is 14.1. The van der Waals surface area contributed by atoms with Crippen LogP contribution in [-0.4, -0.2) is 77.4 Å². The third-order valence-corrected chi connectivity index (χ3v) is 9.86. The quantitative estimate of drug-likeness (QED) is 0.145. The summed E-state index contributed by atoms with van der Waals surface area (Å²) in [5, 5.41) is 2.89. The molecule has 1 aromatic carbocycles. The van der Waals surface area contributed by atoms with Crippen molar-refractivity contribution in [2.45, 2.75) is 103 Å². The van der Waals surface area contributed by atoms with Crippen molar-refractivity contribution in [1.29, 1.82) is 0 Å². The van der Waals surface area contributed by atoms with E-state index in [9.17, 15) is 14.4 Å². The van der Waals surface area contributed by atoms with Gasteiger partial charge in [0.1, 0.15) is 35.2 Å². The molecule has 1 saturated carbocycles. The molecule has 1 aromatic heterocycles. The van der Waals surface area contributed by atoms with Crippen LogP contribution in [0.3, 0.4) is 0 Å². The van der Waals surface area contributed by atoms with Crippen LogP contribution in [0.5, 0.6) is 11.6 Å². The van der Waals surface area contributed by atoms with Gasteiger partial charge in [-0.1, -0.05) is 40.3 Å². The molecule has 1 aliphatic carbocycles. The van der Waals surface area contributed by atoms with Gasteiger partial charge < -0.3 is 29.2 Å². The van der Waals surface area contributed by atoms with Gasteiger partial charge >= 0.3 is 12.1 Å². The van der Waals surface area contributed by atoms with E-state index in [0.717, 1.165) is 38.5 Å². The number of hydrogen-bond donors (Lipinski definition) is 1. The van der Waals surface area contributed by atoms with Crippen molar-refractivity contribution in [3.63, 3.8) is 0 Å². The smallest absolute Gasteiger partial charge is 0.408 e. The van der Waals surface area contributed by atoms with Crippen LogP contribution in [0.15, 0.2) is 37.4 Å². The minimum atomic E-state index is -0.991. The number of esters is 1. The Morgan fingerprint density at radius 2 is 1.92 bits per heavy atom. The largest absolute Gasteiger partial charge is 0.497 e. The molecule has 2 aromatic rings. The van der Waals surface area contributed by atoms with Crippen LogP contribution in [-0.2, 0) is 19.1 Å². The first-order valence-electron chi connectivity index (χ1n) is 16.9. The number of fused-ring (bicyclic) bond motifs is 1. The fraction of sp³-hybridized carbons (Fsp3) is 0.595. The molecule has 6 atom stereocenters. The Balaban J connectivity index is 1.60. The molecule has 11 heteroatoms. The van der Waals surface area contributed by atoms with Gasteiger partial charge in [0.15, 0.2) is 0 Å². The Bertz CT molecular complexity index is 1500. The van der Waals surface area contributed by atoms with Crippen LogP contribution < -0.4 is 14.8 Å². The third-order valence-electron chi connectivity index (χ3n) is 9.86. The SMILES string of the molecule is C=CCCC[C@@H]1CCC[C@@]1(C)OC(=O)N[C@H](C(=O)N1C[C@H](Oc2nc3cc(OC)ccc3nc2C=C)[C@@H](CC)[C@H]1C(=O)OC)C(C)(C)C. The molecule has 0 radical (unpaired) electrons. The van der Waals surface area contributed by atoms with Crippen LogP contribution in [0.2, 0.25) is 0 Å². The normalized spacial score (nSPS) is 24.5. The average Bonchev–Trinajstić information content (AvgIpc) is 3.61. The maximum absolute atomic E-state index is 14.5. The minimum Gasteiger partial charge on any atom is -0.497 e. The van der Waals surface area contributed by atoms with Gasteiger partial charge in [0.05, 0.1) is 31.8 Å². The van der Waals surface area contributed by atoms with Crippen LogP contribution in [0.25, 0.3) is 17.1 Å². The lowest BCUT2D eigenvalue weighted by molar-refractivity contribution is -0.154. The maximum Gasteiger partial charge on any atom is 0.408 e. The Hall–Kier alpha value is -4.15. The van der Waals surface area contributed by atoms with E-state index < -0.39 is 53.1 Å². The van der Waals surface area contributed by atoms with Crippen LogP contribution >= 0.6 is 0 Å². The number of carbonyl (C=O) groups is 3. The summed E-state index contributed by atoms with van der Waals surface area (Å²) in [6.07, 6.45) is 8.26. The Kier molecular flexibility index (Phi) is 11.8. The van der Waals surface area contributed by atoms with E-state index in [2.05, 4.69) is 23.5 Å². The summed E-state index contributed by atoms with van der Waals surface area (Å²) in [5.74, 6) is -0.324. The second-order valence-corrected chi connectivity index (χ2v) is 14.1. The third kappa shape index (κ3) is 7.93. The van der Waals surface area contributed by atoms with Gasteiger partial charge in [-0.25, -0.2) is 19.6 Å². The topological polar surface area (TPSA) is 129 Å². The number of aromatic nitrogens is 2. The van der Waals surface area contributed by atoms with Gasteiger partial charge in [-0.05, 0) is 81.4 Å². The first kappa shape index (κ1) is 36.7. The van der Waals surface area contributed by atoms with Gasteiger partial charge in [-0.15, -0.1) is 6.58 Å². The van der Waals surface area contributed by atoms with Gasteiger partial charge in [-0.2, -0.15) is 0 Å². The number of rotatable bonds is 13. The number of likely N-dealkylation sites (tertiary alicyclic amines) is 1. The molecule has 1 N–H and O–H groups in total. The number of allylic oxidation sites excluding steroid dienone is 1. The molecular weight excluding hydrogens is 612 g/mol. The maximum atomic E-state index is 14.5. The lowest BCUT2D eigenvalue weighted by Crippen LogP contribution is -2.58. The molecule has 2 amide bonds. The Morgan fingerprint density at radius 1 is 1.17 bits per heavy atom. The minimum absolute atomic E-state index is 0.0674. The van der Waals surface area contributed by atoms with Gasteiger partial charge in [0.2, 0.25) is 11.8 Å². The highest BCUT2D eigenvalue weighted by atomic mass is 16.6. The monoisotopic (exact) mass is 664 g/mol. The first-order valence-corrected chi connectivity index (χ1v) is 16.9. The molecule has 4 rings (SSSR count). The fourth-order valence-corrected chi connectivity index (χ4v) is 7.13. The fourth-order valence-electron chi connectivity index (χ4n) is 7.13. The van der Waals surface area contributed by atoms with Crippen molar-refractivity contribution < 1.29 is 33.3 Å². The zero-order valence-corrected chi connectivity index (χ0v) is 29.5. The molecule has 2 fully saturated rings. The molecule has 48 heavy (non-hydrogen) atoms. The summed E-state index contributed by atoms with van der Waals surface area (Å²) in [7, 11) is 2.87. The lowest BCUT2D eigenvalue weighted by atomic mass is 9.85. The molecule has 0 bridgehead atoms. The average molecular weight is 665 g/mol. The van der Waals surface area contributed by atoms with Crippen molar-refractivity contribution in [2.24, 2.45) is 17.3 Å². The first-order chi connectivity index (χ1) is 22.8. The van der Waals surface area contributed by atoms with E-state index in [4.69, 9.17) is 23.9 Å². The Morgan fingerprint density at radius 3 is 2.54 bits per heavy atom. The number of carbonyl (C=O) groups excluding carboxylic acids is 3. The summed E-state index contributed by atoms with van der Waals surface area (Å²) in [6, 6.07) is 3.42. The van der Waals surface area contributed by atoms with Crippen LogP contribution in [0.1, 0.15) is 85.3 Å². The number of benzene rings is 1. The number of ether oxygens (including phenoxy) is 4. The number of nitrogens with one attached hydrogen (secondary N) is 1. The van der Waals surface area contributed by atoms with Gasteiger partial charge in [0, 0.05) is 12.0 Å². The highest BCUT2D eigenvalue weighted by molar-refractivity contribution is 5.91. The molecule has 11 nitrogen and oxygen atoms in total. The Labute approximate surface area is 284 Å². The second kappa shape index (κ2) is 15.4. The highest BCUT2D eigenvalue weighted by Gasteiger charge is 2.52. The molecular formula is C37H52N4O7. The molecule has 1 saturated heterocycles. The van der Waals surface area contributed by atoms with Crippen LogP contribution in [0, 0.1) is 17.3 Å². The predicted molar refractivity (Wildman–Crippen MR) is 185 cm³/mol. The summed E-state index contributed by atoms with van der Waals surface area (Å²) >= 11 is 0. The predicted octanol–water partition coefficient (Wildman–Crippen LogP) is 6.49. The number of methoxy groups -OCH3 is 2. The number of nitrogens with zero attached hydrogens (tertiary/aromatic N) is 3. The standard InChI is InChI=1S/C37H52N4O7/c1-10-13-14-16-23-17-15-20-37(23,7)48-35(44)40-31(36(4,5)6)33(42)41-22-29(25(11-2)30(41)34(43)46-9)47-32-26(12-3)38-27-19-18-24(45-8)21-28(27)39-32/h10,12,18-19,21,23,25,29-31H,1,3,11,13-17,20,22H2,2,4-9H3,(H,40,44)/t23-,25-,29+,30+,31-,37-/m1/s1. The number of unbranched alkanes of at least 4 members (excludes halogenated alkanes) is 1. The zero-order valence-electron chi connectivity index (χ0n) is 29.5. The molecule has 0 spiro atoms. The van der Waals surface area contributed by atoms with Crippen LogP contribution in [0.4, 0.5) is 4.79 Å². The van der Waals surface area contributed by atoms with E-state index in [1.165, 1.54) is 12.0 Å². The van der Waals surface area contributed by atoms with E-state index in [1.807, 2.05) is 40.7 Å². The van der Waals surface area contributed by atoms with Gasteiger partial charge in [-0.3, -0.25) is 4.79 Å². The van der Waals surface area contributed by atoms with Crippen molar-refractivity contribution in [2.75, 3.05) is 20.8 Å². The summed E-state index contributed by atoms with van der Waals surface area (Å²) in [6.45, 7) is 17.3. The van der Waals surface area contributed by atoms with Crippen molar-refractivity contribution >= 4 is 35.1 Å². The molecule has 2 aliphatic rings. The molecule has 1 aliphatic heterocycles. The number of amides is 2. The molecule has 262 valence electrons. The molecule has 2 heterocycles. The van der Waals surface area contributed by atoms with Crippen molar-refractivity contribution in [3.05, 3.63) is 43.1 Å². The van der Waals surface area contributed by atoms with Crippen molar-refractivity contribution in [1.82, 2.24) is 20.2 Å². The van der Waals surface area contributed by atoms with E-state index >= 15 is 0 Å². The van der Waals surface area contributed by atoms with Crippen molar-refractivity contribution in [3.8, 4) is 11.6 Å². The summed E-state index contributed by atoms with van der Waals surface area (Å²) < 4.78 is 23.1. The van der Waals surface area contributed by atoms with E-state index in [0.29, 0.717) is 28.9 Å². The van der Waals surface area contributed by atoms with E-state index in [-0.39, 0.29) is 18.3 Å². The number of alkyl carbamates (subject to hydrolysis) is 1.